The molecule has 0 aromatic heterocycles. The fraction of sp³-hybridized carbons (Fsp3) is 0.538. The first kappa shape index (κ1) is 26.2. The van der Waals surface area contributed by atoms with Crippen LogP contribution in [0, 0.1) is 11.8 Å². The van der Waals surface area contributed by atoms with Gasteiger partial charge in [-0.05, 0) is 76.6 Å². The minimum Gasteiger partial charge on any atom is -0.478 e. The Kier molecular flexibility index (Phi) is 8.53. The van der Waals surface area contributed by atoms with Crippen molar-refractivity contribution >= 4 is 29.6 Å². The molecule has 2 heterocycles. The summed E-state index contributed by atoms with van der Waals surface area (Å²) in [6, 6.07) is 6.11. The van der Waals surface area contributed by atoms with E-state index < -0.39 is 11.6 Å². The zero-order valence-electron chi connectivity index (χ0n) is 20.7. The molecule has 9 heteroatoms. The molecule has 0 bridgehead atoms. The molecule has 0 aliphatic carbocycles. The van der Waals surface area contributed by atoms with Gasteiger partial charge in [-0.1, -0.05) is 12.1 Å². The van der Waals surface area contributed by atoms with Crippen molar-refractivity contribution in [3.8, 4) is 0 Å². The zero-order chi connectivity index (χ0) is 25.6. The summed E-state index contributed by atoms with van der Waals surface area (Å²) in [6.07, 6.45) is 6.12. The molecule has 0 unspecified atom stereocenters. The van der Waals surface area contributed by atoms with E-state index in [-0.39, 0.29) is 35.3 Å². The topological polar surface area (TPSA) is 116 Å². The average Bonchev–Trinajstić information content (AvgIpc) is 2.82. The molecule has 1 aromatic rings. The molecular weight excluding hydrogens is 450 g/mol. The highest BCUT2D eigenvalue weighted by Crippen LogP contribution is 2.22. The largest absolute Gasteiger partial charge is 0.478 e. The Bertz CT molecular complexity index is 976. The number of likely N-dealkylation sites (tertiary alicyclic amines) is 2. The Balaban J connectivity index is 1.48. The molecule has 9 nitrogen and oxygen atoms in total. The van der Waals surface area contributed by atoms with Crippen LogP contribution < -0.4 is 5.32 Å². The Morgan fingerprint density at radius 3 is 2.43 bits per heavy atom. The summed E-state index contributed by atoms with van der Waals surface area (Å²) in [4.78, 5) is 52.3. The fourth-order valence-corrected chi connectivity index (χ4v) is 4.29. The maximum atomic E-state index is 12.8. The summed E-state index contributed by atoms with van der Waals surface area (Å²) in [6.45, 7) is 7.64. The summed E-state index contributed by atoms with van der Waals surface area (Å²) in [7, 11) is 0. The van der Waals surface area contributed by atoms with Crippen molar-refractivity contribution in [1.82, 2.24) is 9.80 Å². The lowest BCUT2D eigenvalue weighted by molar-refractivity contribution is -0.130. The number of anilines is 1. The third kappa shape index (κ3) is 7.83. The molecule has 3 rings (SSSR count). The highest BCUT2D eigenvalue weighted by molar-refractivity contribution is 5.95. The van der Waals surface area contributed by atoms with Crippen molar-refractivity contribution in [2.24, 2.45) is 11.8 Å². The number of carbonyl (C=O) groups is 4. The van der Waals surface area contributed by atoms with Crippen molar-refractivity contribution in [2.75, 3.05) is 31.5 Å². The van der Waals surface area contributed by atoms with Crippen LogP contribution in [-0.4, -0.2) is 70.6 Å². The number of nitrogens with one attached hydrogen (secondary N) is 1. The van der Waals surface area contributed by atoms with Gasteiger partial charge >= 0.3 is 12.1 Å². The molecule has 2 N–H and O–H groups in total. The van der Waals surface area contributed by atoms with E-state index in [0.717, 1.165) is 19.3 Å². The summed E-state index contributed by atoms with van der Waals surface area (Å²) >= 11 is 0. The van der Waals surface area contributed by atoms with Gasteiger partial charge in [0.05, 0.1) is 11.5 Å². The molecule has 2 aliphatic heterocycles. The molecule has 2 fully saturated rings. The van der Waals surface area contributed by atoms with Gasteiger partial charge in [0, 0.05) is 31.9 Å². The number of hydrogen-bond donors (Lipinski definition) is 2. The van der Waals surface area contributed by atoms with Crippen molar-refractivity contribution in [2.45, 2.75) is 52.1 Å². The molecule has 2 saturated heterocycles. The van der Waals surface area contributed by atoms with Crippen LogP contribution in [0.4, 0.5) is 10.5 Å². The van der Waals surface area contributed by atoms with E-state index in [1.165, 1.54) is 12.1 Å². The van der Waals surface area contributed by atoms with Crippen molar-refractivity contribution in [3.63, 3.8) is 0 Å². The number of ether oxygens (including phenoxy) is 1. The van der Waals surface area contributed by atoms with E-state index in [2.05, 4.69) is 5.32 Å². The number of piperidine rings is 2. The first-order chi connectivity index (χ1) is 16.5. The third-order valence-corrected chi connectivity index (χ3v) is 6.18. The highest BCUT2D eigenvalue weighted by atomic mass is 16.6. The average molecular weight is 486 g/mol. The first-order valence-corrected chi connectivity index (χ1v) is 12.1. The van der Waals surface area contributed by atoms with Crippen LogP contribution in [0.15, 0.2) is 36.4 Å². The smallest absolute Gasteiger partial charge is 0.410 e. The second-order valence-corrected chi connectivity index (χ2v) is 10.2. The summed E-state index contributed by atoms with van der Waals surface area (Å²) in [5.74, 6) is -1.54. The van der Waals surface area contributed by atoms with Gasteiger partial charge in [0.1, 0.15) is 5.60 Å². The van der Waals surface area contributed by atoms with E-state index in [4.69, 9.17) is 9.84 Å². The van der Waals surface area contributed by atoms with Gasteiger partial charge in [-0.15, -0.1) is 0 Å². The Morgan fingerprint density at radius 1 is 1.06 bits per heavy atom. The van der Waals surface area contributed by atoms with Gasteiger partial charge in [-0.25, -0.2) is 9.59 Å². The molecule has 0 spiro atoms. The van der Waals surface area contributed by atoms with Gasteiger partial charge in [0.25, 0.3) is 0 Å². The minimum absolute atomic E-state index is 0.102. The number of amides is 3. The first-order valence-electron chi connectivity index (χ1n) is 12.1. The Hall–Kier alpha value is -3.36. The van der Waals surface area contributed by atoms with Crippen molar-refractivity contribution in [1.29, 1.82) is 0 Å². The predicted molar refractivity (Wildman–Crippen MR) is 131 cm³/mol. The Morgan fingerprint density at radius 2 is 1.77 bits per heavy atom. The van der Waals surface area contributed by atoms with Crippen LogP contribution in [0.3, 0.4) is 0 Å². The van der Waals surface area contributed by atoms with Crippen LogP contribution in [0.5, 0.6) is 0 Å². The lowest BCUT2D eigenvalue weighted by atomic mass is 9.95. The number of allylic oxidation sites excluding steroid dienone is 1. The number of benzene rings is 1. The third-order valence-electron chi connectivity index (χ3n) is 6.18. The predicted octanol–water partition coefficient (Wildman–Crippen LogP) is 3.77. The number of carboxylic acid groups (broad SMARTS) is 1. The van der Waals surface area contributed by atoms with Crippen LogP contribution >= 0.6 is 0 Å². The van der Waals surface area contributed by atoms with E-state index in [0.29, 0.717) is 38.3 Å². The van der Waals surface area contributed by atoms with Crippen LogP contribution in [0.2, 0.25) is 0 Å². The number of carboxylic acids is 1. The molecule has 2 aliphatic rings. The molecule has 0 radical (unpaired) electrons. The number of aromatic carboxylic acids is 1. The number of rotatable bonds is 5. The molecular formula is C26H35N3O6. The fourth-order valence-electron chi connectivity index (χ4n) is 4.29. The quantitative estimate of drug-likeness (QED) is 0.614. The van der Waals surface area contributed by atoms with Crippen LogP contribution in [0.1, 0.15) is 56.8 Å². The molecule has 190 valence electrons. The molecule has 1 aromatic carbocycles. The van der Waals surface area contributed by atoms with Gasteiger partial charge < -0.3 is 25.0 Å². The monoisotopic (exact) mass is 485 g/mol. The standard InChI is InChI=1S/C26H35N3O6/c1-26(2,3)35-25(34)28-14-11-18(12-15-28)9-10-22(30)29-13-5-7-20(17-29)23(31)27-21-8-4-6-19(16-21)24(32)33/h4,6,8-10,16,18,20H,5,7,11-15,17H2,1-3H3,(H,27,31)(H,32,33)/t20-/m1/s1. The van der Waals surface area contributed by atoms with E-state index >= 15 is 0 Å². The van der Waals surface area contributed by atoms with Crippen LogP contribution in [-0.2, 0) is 14.3 Å². The van der Waals surface area contributed by atoms with Crippen LogP contribution in [0.25, 0.3) is 0 Å². The lowest BCUT2D eigenvalue weighted by Gasteiger charge is -2.33. The zero-order valence-corrected chi connectivity index (χ0v) is 20.7. The van der Waals surface area contributed by atoms with E-state index in [1.807, 2.05) is 26.8 Å². The molecule has 0 saturated carbocycles. The summed E-state index contributed by atoms with van der Waals surface area (Å²) in [5.41, 5.74) is 0.00711. The lowest BCUT2D eigenvalue weighted by Crippen LogP contribution is -2.43. The molecule has 3 amide bonds. The number of hydrogen-bond acceptors (Lipinski definition) is 5. The summed E-state index contributed by atoms with van der Waals surface area (Å²) < 4.78 is 5.42. The second-order valence-electron chi connectivity index (χ2n) is 10.2. The molecule has 35 heavy (non-hydrogen) atoms. The van der Waals surface area contributed by atoms with E-state index in [9.17, 15) is 19.2 Å². The van der Waals surface area contributed by atoms with Gasteiger partial charge in [-0.2, -0.15) is 0 Å². The number of carbonyl (C=O) groups excluding carboxylic acids is 3. The maximum Gasteiger partial charge on any atom is 0.410 e. The van der Waals surface area contributed by atoms with Crippen molar-refractivity contribution < 1.29 is 29.0 Å². The Labute approximate surface area is 206 Å². The number of nitrogens with zero attached hydrogens (tertiary/aromatic N) is 2. The molecule has 1 atom stereocenters. The van der Waals surface area contributed by atoms with E-state index in [1.54, 1.807) is 28.0 Å². The summed E-state index contributed by atoms with van der Waals surface area (Å²) in [5, 5.41) is 11.9. The van der Waals surface area contributed by atoms with Crippen molar-refractivity contribution in [3.05, 3.63) is 42.0 Å². The highest BCUT2D eigenvalue weighted by Gasteiger charge is 2.29. The van der Waals surface area contributed by atoms with Gasteiger partial charge in [0.15, 0.2) is 0 Å². The maximum absolute atomic E-state index is 12.8. The normalized spacial score (nSPS) is 19.5. The van der Waals surface area contributed by atoms with Gasteiger partial charge in [0.2, 0.25) is 11.8 Å². The second kappa shape index (κ2) is 11.4. The SMILES string of the molecule is CC(C)(C)OC(=O)N1CCC(C=CC(=O)N2CCC[C@@H](C(=O)Nc3cccc(C(=O)O)c3)C2)CC1. The minimum atomic E-state index is -1.06. The van der Waals surface area contributed by atoms with Gasteiger partial charge in [-0.3, -0.25) is 9.59 Å².